The number of likely N-dealkylation sites (N-methyl/N-ethyl adjacent to an activating group) is 1. The number of carbonyl (C=O) groups excluding carboxylic acids is 1. The Balaban J connectivity index is 1.89. The van der Waals surface area contributed by atoms with Crippen molar-refractivity contribution in [3.63, 3.8) is 0 Å². The van der Waals surface area contributed by atoms with Gasteiger partial charge >= 0.3 is 0 Å². The highest BCUT2D eigenvalue weighted by Gasteiger charge is 2.10. The summed E-state index contributed by atoms with van der Waals surface area (Å²) >= 11 is 5.89. The van der Waals surface area contributed by atoms with Crippen LogP contribution in [0, 0.1) is 6.92 Å². The summed E-state index contributed by atoms with van der Waals surface area (Å²) < 4.78 is 1.78. The van der Waals surface area contributed by atoms with Gasteiger partial charge in [0.25, 0.3) is 0 Å². The number of rotatable bonds is 5. The minimum Gasteiger partial charge on any atom is -0.325 e. The molecule has 2 aromatic rings. The molecule has 0 aliphatic carbocycles. The van der Waals surface area contributed by atoms with Crippen LogP contribution in [0.25, 0.3) is 0 Å². The molecule has 21 heavy (non-hydrogen) atoms. The van der Waals surface area contributed by atoms with E-state index in [0.29, 0.717) is 23.8 Å². The maximum absolute atomic E-state index is 12.0. The van der Waals surface area contributed by atoms with Gasteiger partial charge < -0.3 is 5.32 Å². The number of nitrogens with one attached hydrogen (secondary N) is 1. The Hall–Kier alpha value is -1.85. The Labute approximate surface area is 129 Å². The molecule has 1 aromatic carbocycles. The number of nitrogens with zero attached hydrogens (tertiary/aromatic N) is 3. The zero-order chi connectivity index (χ0) is 15.4. The molecule has 0 fully saturated rings. The fraction of sp³-hybridized carbons (Fsp3) is 0.333. The van der Waals surface area contributed by atoms with Gasteiger partial charge in [0.15, 0.2) is 0 Å². The first-order valence-electron chi connectivity index (χ1n) is 6.67. The summed E-state index contributed by atoms with van der Waals surface area (Å²) in [6.45, 7) is 2.96. The van der Waals surface area contributed by atoms with E-state index in [-0.39, 0.29) is 5.91 Å². The SMILES string of the molecule is Cc1nn(C)cc1CN(C)CC(=O)Nc1cccc(Cl)c1. The van der Waals surface area contributed by atoms with Crippen LogP contribution in [-0.2, 0) is 18.4 Å². The van der Waals surface area contributed by atoms with Crippen molar-refractivity contribution in [1.29, 1.82) is 0 Å². The number of aromatic nitrogens is 2. The highest BCUT2D eigenvalue weighted by atomic mass is 35.5. The first kappa shape index (κ1) is 15.5. The van der Waals surface area contributed by atoms with Crippen LogP contribution in [0.4, 0.5) is 5.69 Å². The van der Waals surface area contributed by atoms with Crippen LogP contribution in [0.15, 0.2) is 30.5 Å². The Morgan fingerprint density at radius 3 is 2.86 bits per heavy atom. The third kappa shape index (κ3) is 4.58. The molecule has 0 aliphatic rings. The van der Waals surface area contributed by atoms with E-state index in [2.05, 4.69) is 10.4 Å². The molecule has 0 saturated heterocycles. The standard InChI is InChI=1S/C15H19ClN4O/c1-11-12(9-20(3)18-11)8-19(2)10-15(21)17-14-6-4-5-13(16)7-14/h4-7,9H,8,10H2,1-3H3,(H,17,21). The Morgan fingerprint density at radius 2 is 2.24 bits per heavy atom. The summed E-state index contributed by atoms with van der Waals surface area (Å²) in [5.74, 6) is -0.0682. The van der Waals surface area contributed by atoms with Crippen LogP contribution >= 0.6 is 11.6 Å². The minimum atomic E-state index is -0.0682. The van der Waals surface area contributed by atoms with Crippen molar-refractivity contribution in [2.24, 2.45) is 7.05 Å². The predicted octanol–water partition coefficient (Wildman–Crippen LogP) is 2.45. The lowest BCUT2D eigenvalue weighted by Gasteiger charge is -2.15. The number of aryl methyl sites for hydroxylation is 2. The average molecular weight is 307 g/mol. The summed E-state index contributed by atoms with van der Waals surface area (Å²) in [5.41, 5.74) is 2.81. The quantitative estimate of drug-likeness (QED) is 0.923. The largest absolute Gasteiger partial charge is 0.325 e. The van der Waals surface area contributed by atoms with Crippen LogP contribution < -0.4 is 5.32 Å². The van der Waals surface area contributed by atoms with Gasteiger partial charge in [-0.25, -0.2) is 0 Å². The van der Waals surface area contributed by atoms with Gasteiger partial charge in [0.1, 0.15) is 0 Å². The van der Waals surface area contributed by atoms with Gasteiger partial charge in [0.05, 0.1) is 12.2 Å². The summed E-state index contributed by atoms with van der Waals surface area (Å²) in [6, 6.07) is 7.12. The molecule has 5 nitrogen and oxygen atoms in total. The number of halogens is 1. The van der Waals surface area contributed by atoms with Crippen molar-refractivity contribution in [3.8, 4) is 0 Å². The topological polar surface area (TPSA) is 50.2 Å². The molecule has 0 bridgehead atoms. The molecule has 112 valence electrons. The Kier molecular flexibility index (Phi) is 4.98. The highest BCUT2D eigenvalue weighted by Crippen LogP contribution is 2.15. The van der Waals surface area contributed by atoms with Gasteiger partial charge in [-0.05, 0) is 32.2 Å². The van der Waals surface area contributed by atoms with Gasteiger partial charge in [0, 0.05) is 36.1 Å². The smallest absolute Gasteiger partial charge is 0.238 e. The fourth-order valence-corrected chi connectivity index (χ4v) is 2.35. The van der Waals surface area contributed by atoms with Crippen molar-refractivity contribution in [1.82, 2.24) is 14.7 Å². The summed E-state index contributed by atoms with van der Waals surface area (Å²) in [5, 5.41) is 7.73. The van der Waals surface area contributed by atoms with Crippen LogP contribution in [-0.4, -0.2) is 34.2 Å². The molecule has 0 unspecified atom stereocenters. The average Bonchev–Trinajstić information content (AvgIpc) is 2.67. The van der Waals surface area contributed by atoms with E-state index in [4.69, 9.17) is 11.6 Å². The highest BCUT2D eigenvalue weighted by molar-refractivity contribution is 6.30. The van der Waals surface area contributed by atoms with Crippen LogP contribution in [0.2, 0.25) is 5.02 Å². The molecular formula is C15H19ClN4O. The number of benzene rings is 1. The van der Waals surface area contributed by atoms with Gasteiger partial charge in [0.2, 0.25) is 5.91 Å². The van der Waals surface area contributed by atoms with Crippen LogP contribution in [0.3, 0.4) is 0 Å². The second kappa shape index (κ2) is 6.74. The predicted molar refractivity (Wildman–Crippen MR) is 84.4 cm³/mol. The van der Waals surface area contributed by atoms with Gasteiger partial charge in [-0.2, -0.15) is 5.10 Å². The second-order valence-corrected chi connectivity index (χ2v) is 5.58. The molecule has 1 heterocycles. The second-order valence-electron chi connectivity index (χ2n) is 5.14. The Morgan fingerprint density at radius 1 is 1.48 bits per heavy atom. The van der Waals surface area contributed by atoms with E-state index in [9.17, 15) is 4.79 Å². The van der Waals surface area contributed by atoms with Crippen molar-refractivity contribution in [3.05, 3.63) is 46.7 Å². The molecule has 0 spiro atoms. The van der Waals surface area contributed by atoms with Gasteiger partial charge in [-0.15, -0.1) is 0 Å². The molecule has 1 N–H and O–H groups in total. The molecule has 1 aromatic heterocycles. The number of hydrogen-bond acceptors (Lipinski definition) is 3. The normalized spacial score (nSPS) is 10.9. The molecule has 2 rings (SSSR count). The first-order valence-corrected chi connectivity index (χ1v) is 7.05. The summed E-state index contributed by atoms with van der Waals surface area (Å²) in [7, 11) is 3.80. The molecular weight excluding hydrogens is 288 g/mol. The lowest BCUT2D eigenvalue weighted by molar-refractivity contribution is -0.117. The fourth-order valence-electron chi connectivity index (χ4n) is 2.16. The van der Waals surface area contributed by atoms with E-state index in [1.54, 1.807) is 22.9 Å². The third-order valence-corrected chi connectivity index (χ3v) is 3.31. The number of amides is 1. The van der Waals surface area contributed by atoms with E-state index in [1.807, 2.05) is 38.2 Å². The molecule has 6 heteroatoms. The molecule has 0 radical (unpaired) electrons. The number of hydrogen-bond donors (Lipinski definition) is 1. The molecule has 0 aliphatic heterocycles. The number of anilines is 1. The van der Waals surface area contributed by atoms with Crippen molar-refractivity contribution in [2.75, 3.05) is 18.9 Å². The number of carbonyl (C=O) groups is 1. The Bertz CT molecular complexity index is 638. The minimum absolute atomic E-state index is 0.0682. The third-order valence-electron chi connectivity index (χ3n) is 3.08. The van der Waals surface area contributed by atoms with Gasteiger partial charge in [-0.1, -0.05) is 17.7 Å². The summed E-state index contributed by atoms with van der Waals surface area (Å²) in [6.07, 6.45) is 1.97. The lowest BCUT2D eigenvalue weighted by atomic mass is 10.2. The van der Waals surface area contributed by atoms with E-state index >= 15 is 0 Å². The molecule has 1 amide bonds. The maximum Gasteiger partial charge on any atom is 0.238 e. The maximum atomic E-state index is 12.0. The van der Waals surface area contributed by atoms with E-state index in [1.165, 1.54) is 0 Å². The zero-order valence-electron chi connectivity index (χ0n) is 12.4. The molecule has 0 atom stereocenters. The van der Waals surface area contributed by atoms with Crippen LogP contribution in [0.1, 0.15) is 11.3 Å². The zero-order valence-corrected chi connectivity index (χ0v) is 13.2. The first-order chi connectivity index (χ1) is 9.94. The van der Waals surface area contributed by atoms with E-state index in [0.717, 1.165) is 11.3 Å². The van der Waals surface area contributed by atoms with Crippen LogP contribution in [0.5, 0.6) is 0 Å². The summed E-state index contributed by atoms with van der Waals surface area (Å²) in [4.78, 5) is 13.9. The van der Waals surface area contributed by atoms with Crippen molar-refractivity contribution >= 4 is 23.2 Å². The lowest BCUT2D eigenvalue weighted by Crippen LogP contribution is -2.29. The monoisotopic (exact) mass is 306 g/mol. The van der Waals surface area contributed by atoms with Crippen molar-refractivity contribution in [2.45, 2.75) is 13.5 Å². The molecule has 0 saturated carbocycles. The van der Waals surface area contributed by atoms with Gasteiger partial charge in [-0.3, -0.25) is 14.4 Å². The van der Waals surface area contributed by atoms with Crippen molar-refractivity contribution < 1.29 is 4.79 Å². The van der Waals surface area contributed by atoms with E-state index < -0.39 is 0 Å².